The van der Waals surface area contributed by atoms with Crippen LogP contribution in [0.1, 0.15) is 102 Å². The largest absolute Gasteiger partial charge is 0.259 e. The van der Waals surface area contributed by atoms with Crippen LogP contribution in [-0.2, 0) is 0 Å². The SMILES string of the molecule is CCCCCCCCCCCCCCC/C(=C/c1ccc2ccccc2c1)[N+](=O)[O-]. The summed E-state index contributed by atoms with van der Waals surface area (Å²) in [5.41, 5.74) is 1.24. The third-order valence-electron chi connectivity index (χ3n) is 5.88. The Bertz CT molecular complexity index is 781. The number of fused-ring (bicyclic) bond motifs is 1. The number of nitrogens with zero attached hydrogens (tertiary/aromatic N) is 1. The number of hydrogen-bond donors (Lipinski definition) is 0. The molecule has 2 aromatic carbocycles. The van der Waals surface area contributed by atoms with Gasteiger partial charge in [0.2, 0.25) is 5.70 Å². The van der Waals surface area contributed by atoms with Crippen LogP contribution in [0.2, 0.25) is 0 Å². The quantitative estimate of drug-likeness (QED) is 0.158. The number of nitro groups is 1. The lowest BCUT2D eigenvalue weighted by Crippen LogP contribution is -1.99. The van der Waals surface area contributed by atoms with Gasteiger partial charge in [-0.2, -0.15) is 0 Å². The second-order valence-corrected chi connectivity index (χ2v) is 8.49. The predicted molar refractivity (Wildman–Crippen MR) is 129 cm³/mol. The molecule has 2 aromatic rings. The molecule has 0 unspecified atom stereocenters. The molecule has 3 nitrogen and oxygen atoms in total. The fraction of sp³-hybridized carbons (Fsp3) is 0.556. The molecule has 0 aliphatic rings. The summed E-state index contributed by atoms with van der Waals surface area (Å²) in [4.78, 5) is 11.2. The highest BCUT2D eigenvalue weighted by molar-refractivity contribution is 5.84. The smallest absolute Gasteiger partial charge is 0.246 e. The first kappa shape index (κ1) is 24.1. The molecule has 0 aromatic heterocycles. The summed E-state index contributed by atoms with van der Waals surface area (Å²) in [7, 11) is 0. The van der Waals surface area contributed by atoms with E-state index in [4.69, 9.17) is 0 Å². The zero-order valence-corrected chi connectivity index (χ0v) is 18.8. The number of allylic oxidation sites excluding steroid dienone is 1. The second-order valence-electron chi connectivity index (χ2n) is 8.49. The van der Waals surface area contributed by atoms with E-state index in [-0.39, 0.29) is 4.92 Å². The fourth-order valence-electron chi connectivity index (χ4n) is 4.03. The van der Waals surface area contributed by atoms with Crippen LogP contribution in [0.15, 0.2) is 48.2 Å². The summed E-state index contributed by atoms with van der Waals surface area (Å²) in [6.45, 7) is 2.26. The van der Waals surface area contributed by atoms with Gasteiger partial charge in [0.05, 0.1) is 4.92 Å². The van der Waals surface area contributed by atoms with E-state index in [1.807, 2.05) is 36.4 Å². The average Bonchev–Trinajstić information content (AvgIpc) is 2.76. The molecule has 0 heterocycles. The van der Waals surface area contributed by atoms with Gasteiger partial charge in [0.1, 0.15) is 0 Å². The van der Waals surface area contributed by atoms with Gasteiger partial charge in [0, 0.05) is 12.5 Å². The summed E-state index contributed by atoms with van der Waals surface area (Å²) in [5.74, 6) is 0. The van der Waals surface area contributed by atoms with E-state index in [0.717, 1.165) is 29.2 Å². The number of unbranched alkanes of at least 4 members (excludes halogenated alkanes) is 12. The molecule has 0 fully saturated rings. The van der Waals surface area contributed by atoms with Gasteiger partial charge in [-0.15, -0.1) is 0 Å². The summed E-state index contributed by atoms with van der Waals surface area (Å²) >= 11 is 0. The second kappa shape index (κ2) is 14.8. The zero-order valence-electron chi connectivity index (χ0n) is 18.8. The predicted octanol–water partition coefficient (Wildman–Crippen LogP) is 8.94. The molecular weight excluding hydrogens is 370 g/mol. The summed E-state index contributed by atoms with van der Waals surface area (Å²) < 4.78 is 0. The van der Waals surface area contributed by atoms with Crippen molar-refractivity contribution in [3.05, 3.63) is 63.8 Å². The van der Waals surface area contributed by atoms with E-state index in [0.29, 0.717) is 12.1 Å². The first-order valence-electron chi connectivity index (χ1n) is 12.0. The minimum absolute atomic E-state index is 0.213. The normalized spacial score (nSPS) is 11.8. The van der Waals surface area contributed by atoms with Crippen molar-refractivity contribution >= 4 is 16.8 Å². The minimum Gasteiger partial charge on any atom is -0.259 e. The molecule has 0 N–H and O–H groups in total. The molecule has 0 radical (unpaired) electrons. The van der Waals surface area contributed by atoms with Crippen LogP contribution in [-0.4, -0.2) is 4.92 Å². The average molecular weight is 410 g/mol. The Kier molecular flexibility index (Phi) is 11.9. The van der Waals surface area contributed by atoms with Crippen LogP contribution in [0.4, 0.5) is 0 Å². The molecule has 30 heavy (non-hydrogen) atoms. The molecule has 0 atom stereocenters. The summed E-state index contributed by atoms with van der Waals surface area (Å²) in [6, 6.07) is 14.1. The van der Waals surface area contributed by atoms with Gasteiger partial charge in [0.25, 0.3) is 0 Å². The molecule has 0 amide bonds. The minimum atomic E-state index is -0.213. The maximum absolute atomic E-state index is 11.5. The van der Waals surface area contributed by atoms with Crippen molar-refractivity contribution in [1.29, 1.82) is 0 Å². The van der Waals surface area contributed by atoms with Crippen LogP contribution in [0.5, 0.6) is 0 Å². The lowest BCUT2D eigenvalue weighted by atomic mass is 10.0. The highest BCUT2D eigenvalue weighted by Gasteiger charge is 2.10. The van der Waals surface area contributed by atoms with Crippen LogP contribution in [0.25, 0.3) is 16.8 Å². The molecule has 0 saturated heterocycles. The Morgan fingerprint density at radius 2 is 1.30 bits per heavy atom. The number of benzene rings is 2. The first-order chi connectivity index (χ1) is 14.7. The van der Waals surface area contributed by atoms with Gasteiger partial charge in [-0.25, -0.2) is 0 Å². The summed E-state index contributed by atoms with van der Waals surface area (Å²) in [6.07, 6.45) is 19.0. The first-order valence-corrected chi connectivity index (χ1v) is 12.0. The van der Waals surface area contributed by atoms with Gasteiger partial charge in [0.15, 0.2) is 0 Å². The molecule has 0 saturated carbocycles. The van der Waals surface area contributed by atoms with Crippen molar-refractivity contribution in [3.8, 4) is 0 Å². The highest BCUT2D eigenvalue weighted by atomic mass is 16.6. The van der Waals surface area contributed by atoms with E-state index in [2.05, 4.69) is 13.0 Å². The highest BCUT2D eigenvalue weighted by Crippen LogP contribution is 2.20. The van der Waals surface area contributed by atoms with Crippen molar-refractivity contribution < 1.29 is 4.92 Å². The lowest BCUT2D eigenvalue weighted by molar-refractivity contribution is -0.426. The van der Waals surface area contributed by atoms with Crippen LogP contribution < -0.4 is 0 Å². The molecule has 0 spiro atoms. The van der Waals surface area contributed by atoms with Gasteiger partial charge in [-0.1, -0.05) is 120 Å². The Balaban J connectivity index is 1.61. The molecule has 0 aliphatic carbocycles. The van der Waals surface area contributed by atoms with Crippen LogP contribution in [0.3, 0.4) is 0 Å². The maximum atomic E-state index is 11.5. The molecule has 0 aliphatic heterocycles. The topological polar surface area (TPSA) is 43.1 Å². The van der Waals surface area contributed by atoms with Gasteiger partial charge >= 0.3 is 0 Å². The Hall–Kier alpha value is -2.16. The third-order valence-corrected chi connectivity index (χ3v) is 5.88. The van der Waals surface area contributed by atoms with Crippen LogP contribution >= 0.6 is 0 Å². The van der Waals surface area contributed by atoms with Gasteiger partial charge in [-0.3, -0.25) is 10.1 Å². The number of hydrogen-bond acceptors (Lipinski definition) is 2. The monoisotopic (exact) mass is 409 g/mol. The van der Waals surface area contributed by atoms with E-state index >= 15 is 0 Å². The van der Waals surface area contributed by atoms with E-state index < -0.39 is 0 Å². The van der Waals surface area contributed by atoms with Gasteiger partial charge in [-0.05, 0) is 28.8 Å². The zero-order chi connectivity index (χ0) is 21.4. The van der Waals surface area contributed by atoms with Crippen molar-refractivity contribution in [1.82, 2.24) is 0 Å². The summed E-state index contributed by atoms with van der Waals surface area (Å²) in [5, 5.41) is 13.7. The Morgan fingerprint density at radius 3 is 1.87 bits per heavy atom. The molecule has 0 bridgehead atoms. The molecular formula is C27H39NO2. The van der Waals surface area contributed by atoms with Crippen molar-refractivity contribution in [2.45, 2.75) is 96.8 Å². The fourth-order valence-corrected chi connectivity index (χ4v) is 4.03. The molecule has 3 heteroatoms. The van der Waals surface area contributed by atoms with E-state index in [1.165, 1.54) is 70.6 Å². The molecule has 2 rings (SSSR count). The van der Waals surface area contributed by atoms with Gasteiger partial charge < -0.3 is 0 Å². The van der Waals surface area contributed by atoms with Crippen molar-refractivity contribution in [2.75, 3.05) is 0 Å². The Labute approximate surface area is 182 Å². The van der Waals surface area contributed by atoms with Crippen LogP contribution in [0, 0.1) is 10.1 Å². The standard InChI is InChI=1S/C27H39NO2/c1-2-3-4-5-6-7-8-9-10-11-12-13-14-19-27(28(29)30)23-24-20-21-25-17-15-16-18-26(25)22-24/h15-18,20-23H,2-14,19H2,1H3/b27-23-. The van der Waals surface area contributed by atoms with Crippen molar-refractivity contribution in [2.24, 2.45) is 0 Å². The van der Waals surface area contributed by atoms with Crippen molar-refractivity contribution in [3.63, 3.8) is 0 Å². The van der Waals surface area contributed by atoms with E-state index in [1.54, 1.807) is 6.08 Å². The maximum Gasteiger partial charge on any atom is 0.246 e. The Morgan fingerprint density at radius 1 is 0.767 bits per heavy atom. The lowest BCUT2D eigenvalue weighted by Gasteiger charge is -2.03. The third kappa shape index (κ3) is 9.56. The number of rotatable bonds is 16. The van der Waals surface area contributed by atoms with E-state index in [9.17, 15) is 10.1 Å². The molecule has 164 valence electrons.